The van der Waals surface area contributed by atoms with Crippen molar-refractivity contribution in [1.29, 1.82) is 0 Å². The smallest absolute Gasteiger partial charge is 0.0631 e. The number of fused-ring (bicyclic) bond motifs is 2. The Hall–Kier alpha value is -0.160. The first-order valence-electron chi connectivity index (χ1n) is 9.37. The highest BCUT2D eigenvalue weighted by molar-refractivity contribution is 4.96. The lowest BCUT2D eigenvalue weighted by molar-refractivity contribution is -0.116. The molecule has 4 heteroatoms. The molecule has 2 N–H and O–H groups in total. The molecule has 0 saturated heterocycles. The summed E-state index contributed by atoms with van der Waals surface area (Å²) in [7, 11) is 0. The third-order valence-electron chi connectivity index (χ3n) is 5.23. The molecule has 0 radical (unpaired) electrons. The van der Waals surface area contributed by atoms with Crippen LogP contribution in [0.2, 0.25) is 0 Å². The number of hydrogen-bond donors (Lipinski definition) is 2. The van der Waals surface area contributed by atoms with Crippen LogP contribution in [0.5, 0.6) is 0 Å². The van der Waals surface area contributed by atoms with Crippen LogP contribution in [0.4, 0.5) is 0 Å². The van der Waals surface area contributed by atoms with Gasteiger partial charge in [0.25, 0.3) is 0 Å². The second-order valence-electron chi connectivity index (χ2n) is 8.67. The highest BCUT2D eigenvalue weighted by Crippen LogP contribution is 2.46. The Kier molecular flexibility index (Phi) is 6.51. The van der Waals surface area contributed by atoms with Gasteiger partial charge in [-0.2, -0.15) is 0 Å². The predicted octanol–water partition coefficient (Wildman–Crippen LogP) is 3.29. The molecular formula is C19H36O4. The van der Waals surface area contributed by atoms with E-state index in [9.17, 15) is 10.2 Å². The molecule has 2 fully saturated rings. The van der Waals surface area contributed by atoms with Crippen LogP contribution in [0.25, 0.3) is 0 Å². The van der Waals surface area contributed by atoms with Crippen molar-refractivity contribution in [3.8, 4) is 0 Å². The molecule has 0 heterocycles. The van der Waals surface area contributed by atoms with Gasteiger partial charge in [-0.15, -0.1) is 0 Å². The van der Waals surface area contributed by atoms with Gasteiger partial charge in [0.05, 0.1) is 36.1 Å². The summed E-state index contributed by atoms with van der Waals surface area (Å²) in [6.07, 6.45) is 5.48. The number of aliphatic hydroxyl groups is 2. The Morgan fingerprint density at radius 2 is 1.74 bits per heavy atom. The second kappa shape index (κ2) is 7.81. The lowest BCUT2D eigenvalue weighted by Gasteiger charge is -2.33. The Morgan fingerprint density at radius 1 is 1.04 bits per heavy atom. The van der Waals surface area contributed by atoms with Crippen LogP contribution in [0.3, 0.4) is 0 Å². The van der Waals surface area contributed by atoms with E-state index >= 15 is 0 Å². The van der Waals surface area contributed by atoms with Gasteiger partial charge in [-0.3, -0.25) is 0 Å². The first-order chi connectivity index (χ1) is 10.7. The summed E-state index contributed by atoms with van der Waals surface area (Å²) in [4.78, 5) is 0. The molecule has 0 aromatic heterocycles. The molecule has 2 aliphatic rings. The van der Waals surface area contributed by atoms with Crippen molar-refractivity contribution in [2.45, 2.75) is 109 Å². The summed E-state index contributed by atoms with van der Waals surface area (Å²) in [6.45, 7) is 10.1. The molecule has 23 heavy (non-hydrogen) atoms. The van der Waals surface area contributed by atoms with Crippen molar-refractivity contribution >= 4 is 0 Å². The monoisotopic (exact) mass is 328 g/mol. The number of rotatable bonds is 8. The van der Waals surface area contributed by atoms with Crippen LogP contribution in [0.15, 0.2) is 0 Å². The maximum Gasteiger partial charge on any atom is 0.0631 e. The van der Waals surface area contributed by atoms with Crippen molar-refractivity contribution in [1.82, 2.24) is 0 Å². The summed E-state index contributed by atoms with van der Waals surface area (Å²) >= 11 is 0. The molecule has 7 unspecified atom stereocenters. The fraction of sp³-hybridized carbons (Fsp3) is 1.00. The molecular weight excluding hydrogens is 292 g/mol. The van der Waals surface area contributed by atoms with Gasteiger partial charge in [0, 0.05) is 0 Å². The van der Waals surface area contributed by atoms with Crippen molar-refractivity contribution in [3.63, 3.8) is 0 Å². The number of hydrogen-bond acceptors (Lipinski definition) is 4. The molecule has 4 nitrogen and oxygen atoms in total. The van der Waals surface area contributed by atoms with Crippen LogP contribution < -0.4 is 0 Å². The number of ether oxygens (including phenoxy) is 2. The van der Waals surface area contributed by atoms with E-state index in [1.165, 1.54) is 0 Å². The third kappa shape index (κ3) is 5.70. The zero-order valence-corrected chi connectivity index (χ0v) is 15.5. The predicted molar refractivity (Wildman–Crippen MR) is 91.3 cm³/mol. The SMILES string of the molecule is CCC(CC(CC(C)O)OC(C)(C)C)OC1CC2CC1CC2O. The van der Waals surface area contributed by atoms with Gasteiger partial charge in [0.2, 0.25) is 0 Å². The minimum absolute atomic E-state index is 0.0177. The average molecular weight is 328 g/mol. The maximum atomic E-state index is 9.90. The molecule has 2 rings (SSSR count). The van der Waals surface area contributed by atoms with E-state index in [2.05, 4.69) is 27.7 Å². The summed E-state index contributed by atoms with van der Waals surface area (Å²) < 4.78 is 12.5. The summed E-state index contributed by atoms with van der Waals surface area (Å²) in [5.41, 5.74) is -0.214. The topological polar surface area (TPSA) is 58.9 Å². The molecule has 0 spiro atoms. The molecule has 2 aliphatic carbocycles. The fourth-order valence-electron chi connectivity index (χ4n) is 4.29. The second-order valence-corrected chi connectivity index (χ2v) is 8.67. The zero-order chi connectivity index (χ0) is 17.2. The maximum absolute atomic E-state index is 9.90. The highest BCUT2D eigenvalue weighted by Gasteiger charge is 2.46. The third-order valence-corrected chi connectivity index (χ3v) is 5.23. The van der Waals surface area contributed by atoms with Gasteiger partial charge in [0.1, 0.15) is 0 Å². The Balaban J connectivity index is 1.88. The molecule has 2 saturated carbocycles. The van der Waals surface area contributed by atoms with Gasteiger partial charge in [-0.1, -0.05) is 6.92 Å². The first kappa shape index (κ1) is 19.2. The molecule has 0 aromatic carbocycles. The largest absolute Gasteiger partial charge is 0.393 e. The zero-order valence-electron chi connectivity index (χ0n) is 15.5. The highest BCUT2D eigenvalue weighted by atomic mass is 16.5. The average Bonchev–Trinajstić information content (AvgIpc) is 2.93. The van der Waals surface area contributed by atoms with Crippen LogP contribution in [-0.2, 0) is 9.47 Å². The molecule has 0 aromatic rings. The van der Waals surface area contributed by atoms with Crippen molar-refractivity contribution in [3.05, 3.63) is 0 Å². The summed E-state index contributed by atoms with van der Waals surface area (Å²) in [5, 5.41) is 19.7. The quantitative estimate of drug-likeness (QED) is 0.718. The minimum Gasteiger partial charge on any atom is -0.393 e. The van der Waals surface area contributed by atoms with E-state index in [0.717, 1.165) is 32.1 Å². The van der Waals surface area contributed by atoms with E-state index in [4.69, 9.17) is 9.47 Å². The molecule has 7 atom stereocenters. The van der Waals surface area contributed by atoms with Crippen LogP contribution in [0, 0.1) is 11.8 Å². The molecule has 0 aliphatic heterocycles. The van der Waals surface area contributed by atoms with Gasteiger partial charge in [0.15, 0.2) is 0 Å². The molecule has 136 valence electrons. The molecule has 2 bridgehead atoms. The van der Waals surface area contributed by atoms with E-state index < -0.39 is 0 Å². The summed E-state index contributed by atoms with van der Waals surface area (Å²) in [6, 6.07) is 0. The van der Waals surface area contributed by atoms with Crippen molar-refractivity contribution in [2.24, 2.45) is 11.8 Å². The standard InChI is InChI=1S/C19H36O4/c1-6-15(11-16(7-12(2)20)23-19(3,4)5)22-18-10-13-8-14(18)9-17(13)21/h12-18,20-21H,6-11H2,1-5H3. The van der Waals surface area contributed by atoms with E-state index in [1.807, 2.05) is 6.92 Å². The van der Waals surface area contributed by atoms with Gasteiger partial charge < -0.3 is 19.7 Å². The van der Waals surface area contributed by atoms with E-state index in [-0.39, 0.29) is 30.0 Å². The first-order valence-corrected chi connectivity index (χ1v) is 9.37. The Labute approximate surface area is 141 Å². The van der Waals surface area contributed by atoms with E-state index in [1.54, 1.807) is 0 Å². The fourth-order valence-corrected chi connectivity index (χ4v) is 4.29. The van der Waals surface area contributed by atoms with Gasteiger partial charge in [-0.05, 0) is 78.1 Å². The Morgan fingerprint density at radius 3 is 2.17 bits per heavy atom. The normalized spacial score (nSPS) is 34.6. The van der Waals surface area contributed by atoms with Crippen LogP contribution in [-0.4, -0.2) is 46.3 Å². The lowest BCUT2D eigenvalue weighted by atomic mass is 9.94. The van der Waals surface area contributed by atoms with Gasteiger partial charge in [-0.25, -0.2) is 0 Å². The van der Waals surface area contributed by atoms with Crippen molar-refractivity contribution in [2.75, 3.05) is 0 Å². The minimum atomic E-state index is -0.363. The van der Waals surface area contributed by atoms with Crippen LogP contribution in [0.1, 0.15) is 73.1 Å². The lowest BCUT2D eigenvalue weighted by Crippen LogP contribution is -2.36. The van der Waals surface area contributed by atoms with Crippen LogP contribution >= 0.6 is 0 Å². The molecule has 0 amide bonds. The number of aliphatic hydroxyl groups excluding tert-OH is 2. The van der Waals surface area contributed by atoms with Crippen molar-refractivity contribution < 1.29 is 19.7 Å². The summed E-state index contributed by atoms with van der Waals surface area (Å²) in [5.74, 6) is 0.976. The Bertz CT molecular complexity index is 361. The van der Waals surface area contributed by atoms with E-state index in [0.29, 0.717) is 24.4 Å². The van der Waals surface area contributed by atoms with Gasteiger partial charge >= 0.3 is 0 Å².